The Hall–Kier alpha value is -1.71. The van der Waals surface area contributed by atoms with Gasteiger partial charge in [-0.15, -0.1) is 0 Å². The molecule has 1 aliphatic rings. The van der Waals surface area contributed by atoms with Gasteiger partial charge in [0.15, 0.2) is 0 Å². The number of hydrazine groups is 1. The van der Waals surface area contributed by atoms with Crippen molar-refractivity contribution in [3.8, 4) is 0 Å². The van der Waals surface area contributed by atoms with Crippen molar-refractivity contribution in [3.63, 3.8) is 0 Å². The number of allylic oxidation sites excluding steroid dienone is 1. The molecule has 1 aliphatic carbocycles. The first-order chi connectivity index (χ1) is 10.4. The highest BCUT2D eigenvalue weighted by Crippen LogP contribution is 2.29. The second-order valence-corrected chi connectivity index (χ2v) is 5.79. The molecule has 2 aromatic rings. The summed E-state index contributed by atoms with van der Waals surface area (Å²) >= 11 is 0. The van der Waals surface area contributed by atoms with E-state index in [1.54, 1.807) is 0 Å². The van der Waals surface area contributed by atoms with Gasteiger partial charge >= 0.3 is 0 Å². The van der Waals surface area contributed by atoms with Gasteiger partial charge in [-0.25, -0.2) is 5.43 Å². The highest BCUT2D eigenvalue weighted by molar-refractivity contribution is 5.79. The summed E-state index contributed by atoms with van der Waals surface area (Å²) in [6.45, 7) is 0. The molecule has 3 nitrogen and oxygen atoms in total. The van der Waals surface area contributed by atoms with E-state index in [4.69, 9.17) is 5.84 Å². The Morgan fingerprint density at radius 2 is 2.00 bits per heavy atom. The van der Waals surface area contributed by atoms with E-state index in [0.29, 0.717) is 0 Å². The van der Waals surface area contributed by atoms with Crippen LogP contribution in [0.4, 0.5) is 0 Å². The van der Waals surface area contributed by atoms with E-state index in [0.717, 1.165) is 11.9 Å². The molecule has 0 fully saturated rings. The lowest BCUT2D eigenvalue weighted by Gasteiger charge is -2.22. The number of nitrogens with two attached hydrogens (primary N) is 1. The molecule has 1 atom stereocenters. The van der Waals surface area contributed by atoms with Crippen LogP contribution in [0.5, 0.6) is 0 Å². The maximum absolute atomic E-state index is 5.86. The van der Waals surface area contributed by atoms with E-state index in [-0.39, 0.29) is 6.04 Å². The summed E-state index contributed by atoms with van der Waals surface area (Å²) in [6, 6.07) is 10.6. The maximum atomic E-state index is 5.86. The van der Waals surface area contributed by atoms with Crippen LogP contribution in [0.3, 0.4) is 0 Å². The van der Waals surface area contributed by atoms with E-state index in [1.165, 1.54) is 48.6 Å². The number of nitrogens with zero attached hydrogens (tertiary/aromatic N) is 1. The van der Waals surface area contributed by atoms with Gasteiger partial charge in [0.25, 0.3) is 0 Å². The third-order valence-corrected chi connectivity index (χ3v) is 4.32. The second kappa shape index (κ2) is 6.83. The van der Waals surface area contributed by atoms with Crippen LogP contribution in [0.2, 0.25) is 0 Å². The Morgan fingerprint density at radius 1 is 1.10 bits per heavy atom. The molecule has 0 radical (unpaired) electrons. The summed E-state index contributed by atoms with van der Waals surface area (Å²) in [5.41, 5.74) is 6.70. The van der Waals surface area contributed by atoms with Gasteiger partial charge in [-0.05, 0) is 49.4 Å². The van der Waals surface area contributed by atoms with Gasteiger partial charge < -0.3 is 0 Å². The largest absolute Gasteiger partial charge is 0.271 e. The number of rotatable bonds is 3. The molecule has 110 valence electrons. The zero-order chi connectivity index (χ0) is 14.5. The van der Waals surface area contributed by atoms with E-state index in [1.807, 2.05) is 12.3 Å². The summed E-state index contributed by atoms with van der Waals surface area (Å²) < 4.78 is 0. The third kappa shape index (κ3) is 3.31. The molecular weight excluding hydrogens is 258 g/mol. The molecule has 3 N–H and O–H groups in total. The third-order valence-electron chi connectivity index (χ3n) is 4.32. The monoisotopic (exact) mass is 281 g/mol. The topological polar surface area (TPSA) is 50.9 Å². The zero-order valence-electron chi connectivity index (χ0n) is 12.4. The highest BCUT2D eigenvalue weighted by atomic mass is 15.2. The van der Waals surface area contributed by atoms with Crippen molar-refractivity contribution in [1.82, 2.24) is 10.4 Å². The molecule has 3 rings (SSSR count). The minimum atomic E-state index is 0.118. The van der Waals surface area contributed by atoms with E-state index >= 15 is 0 Å². The Morgan fingerprint density at radius 3 is 2.90 bits per heavy atom. The van der Waals surface area contributed by atoms with E-state index in [9.17, 15) is 0 Å². The van der Waals surface area contributed by atoms with Crippen molar-refractivity contribution in [1.29, 1.82) is 0 Å². The molecule has 1 unspecified atom stereocenters. The van der Waals surface area contributed by atoms with Crippen molar-refractivity contribution in [3.05, 3.63) is 53.7 Å². The summed E-state index contributed by atoms with van der Waals surface area (Å²) in [4.78, 5) is 4.38. The molecule has 1 aromatic carbocycles. The first kappa shape index (κ1) is 14.2. The van der Waals surface area contributed by atoms with Crippen molar-refractivity contribution < 1.29 is 0 Å². The number of hydrogen-bond acceptors (Lipinski definition) is 3. The Balaban J connectivity index is 1.92. The lowest BCUT2D eigenvalue weighted by atomic mass is 9.91. The highest BCUT2D eigenvalue weighted by Gasteiger charge is 2.16. The molecule has 0 amide bonds. The number of fused-ring (bicyclic) bond motifs is 1. The van der Waals surface area contributed by atoms with E-state index < -0.39 is 0 Å². The number of benzene rings is 1. The Kier molecular flexibility index (Phi) is 4.63. The molecule has 0 spiro atoms. The van der Waals surface area contributed by atoms with Gasteiger partial charge in [0.05, 0.1) is 11.6 Å². The summed E-state index contributed by atoms with van der Waals surface area (Å²) in [6.07, 6.45) is 11.8. The molecule has 1 heterocycles. The smallest absolute Gasteiger partial charge is 0.0702 e. The number of pyridine rings is 1. The van der Waals surface area contributed by atoms with Gasteiger partial charge in [0.1, 0.15) is 0 Å². The standard InChI is InChI=1S/C18H23N3/c19-21-18(14-7-4-2-1-3-5-8-14)16-10-11-17-15(13-16)9-6-12-20-17/h6-7,9-13,18,21H,1-5,8,19H2/b14-7+. The lowest BCUT2D eigenvalue weighted by molar-refractivity contribution is 0.555. The molecule has 0 saturated heterocycles. The number of nitrogens with one attached hydrogen (secondary N) is 1. The van der Waals surface area contributed by atoms with Crippen LogP contribution in [-0.2, 0) is 0 Å². The zero-order valence-corrected chi connectivity index (χ0v) is 12.4. The summed E-state index contributed by atoms with van der Waals surface area (Å²) in [5.74, 6) is 5.86. The lowest BCUT2D eigenvalue weighted by Crippen LogP contribution is -2.29. The average molecular weight is 281 g/mol. The van der Waals surface area contributed by atoms with Crippen LogP contribution in [0, 0.1) is 0 Å². The first-order valence-electron chi connectivity index (χ1n) is 7.88. The summed E-state index contributed by atoms with van der Waals surface area (Å²) in [7, 11) is 0. The van der Waals surface area contributed by atoms with Crippen molar-refractivity contribution in [2.45, 2.75) is 44.6 Å². The van der Waals surface area contributed by atoms with Crippen LogP contribution >= 0.6 is 0 Å². The van der Waals surface area contributed by atoms with Gasteiger partial charge in [0, 0.05) is 11.6 Å². The average Bonchev–Trinajstić information content (AvgIpc) is 2.49. The molecule has 1 aromatic heterocycles. The van der Waals surface area contributed by atoms with Gasteiger partial charge in [0.2, 0.25) is 0 Å². The van der Waals surface area contributed by atoms with Gasteiger partial charge in [-0.3, -0.25) is 10.8 Å². The van der Waals surface area contributed by atoms with E-state index in [2.05, 4.69) is 40.8 Å². The molecule has 21 heavy (non-hydrogen) atoms. The van der Waals surface area contributed by atoms with Crippen LogP contribution in [0.15, 0.2) is 48.2 Å². The maximum Gasteiger partial charge on any atom is 0.0702 e. The number of hydrogen-bond donors (Lipinski definition) is 2. The predicted molar refractivity (Wildman–Crippen MR) is 87.6 cm³/mol. The quantitative estimate of drug-likeness (QED) is 0.507. The minimum Gasteiger partial charge on any atom is -0.271 e. The fourth-order valence-electron chi connectivity index (χ4n) is 3.17. The molecule has 0 bridgehead atoms. The van der Waals surface area contributed by atoms with Gasteiger partial charge in [-0.1, -0.05) is 36.6 Å². The Labute approximate surface area is 126 Å². The predicted octanol–water partition coefficient (Wildman–Crippen LogP) is 4.02. The second-order valence-electron chi connectivity index (χ2n) is 5.79. The fourth-order valence-corrected chi connectivity index (χ4v) is 3.17. The number of aromatic nitrogens is 1. The first-order valence-corrected chi connectivity index (χ1v) is 7.88. The van der Waals surface area contributed by atoms with Crippen LogP contribution < -0.4 is 11.3 Å². The molecule has 3 heteroatoms. The van der Waals surface area contributed by atoms with Crippen molar-refractivity contribution in [2.24, 2.45) is 5.84 Å². The molecule has 0 saturated carbocycles. The fraction of sp³-hybridized carbons (Fsp3) is 0.389. The van der Waals surface area contributed by atoms with Gasteiger partial charge in [-0.2, -0.15) is 0 Å². The normalized spacial score (nSPS) is 20.3. The molecular formula is C18H23N3. The SMILES string of the molecule is NNC(/C1=C/CCCCCC1)c1ccc2ncccc2c1. The van der Waals surface area contributed by atoms with Crippen molar-refractivity contribution >= 4 is 10.9 Å². The van der Waals surface area contributed by atoms with Crippen molar-refractivity contribution in [2.75, 3.05) is 0 Å². The summed E-state index contributed by atoms with van der Waals surface area (Å²) in [5, 5.41) is 1.17. The molecule has 0 aliphatic heterocycles. The van der Waals surface area contributed by atoms with Crippen LogP contribution in [-0.4, -0.2) is 4.98 Å². The van der Waals surface area contributed by atoms with Crippen LogP contribution in [0.1, 0.15) is 50.1 Å². The Bertz CT molecular complexity index is 633. The minimum absolute atomic E-state index is 0.118. The van der Waals surface area contributed by atoms with Crippen LogP contribution in [0.25, 0.3) is 10.9 Å².